The average Bonchev–Trinajstić information content (AvgIpc) is 2.50. The van der Waals surface area contributed by atoms with Crippen LogP contribution in [0.2, 0.25) is 0 Å². The second-order valence-electron chi connectivity index (χ2n) is 6.44. The zero-order valence-corrected chi connectivity index (χ0v) is 12.9. The monoisotopic (exact) mass is 281 g/mol. The summed E-state index contributed by atoms with van der Waals surface area (Å²) in [5.41, 5.74) is 5.98. The molecule has 2 fully saturated rings. The van der Waals surface area contributed by atoms with E-state index in [1.807, 2.05) is 0 Å². The van der Waals surface area contributed by atoms with Gasteiger partial charge in [-0.15, -0.1) is 0 Å². The third-order valence-electron chi connectivity index (χ3n) is 5.02. The summed E-state index contributed by atoms with van der Waals surface area (Å²) in [4.78, 5) is 14.5. The largest absolute Gasteiger partial charge is 0.356 e. The Labute approximate surface area is 123 Å². The van der Waals surface area contributed by atoms with Gasteiger partial charge >= 0.3 is 0 Å². The molecule has 0 spiro atoms. The van der Waals surface area contributed by atoms with Crippen LogP contribution in [0.5, 0.6) is 0 Å². The van der Waals surface area contributed by atoms with E-state index in [0.29, 0.717) is 19.0 Å². The standard InChI is InChI=1S/C16H31N3O/c1-2-9-18-16(20)11-14(12-17)19-10-5-7-13-6-3-4-8-15(13)19/h13-15H,2-12,17H2,1H3,(H,18,20)/t13-,14?,15-/m1/s1. The Morgan fingerprint density at radius 1 is 1.30 bits per heavy atom. The smallest absolute Gasteiger partial charge is 0.221 e. The lowest BCUT2D eigenvalue weighted by Crippen LogP contribution is -2.54. The van der Waals surface area contributed by atoms with Gasteiger partial charge in [0.15, 0.2) is 0 Å². The summed E-state index contributed by atoms with van der Waals surface area (Å²) in [6, 6.07) is 0.919. The molecule has 2 rings (SSSR count). The first-order chi connectivity index (χ1) is 9.76. The molecule has 1 heterocycles. The van der Waals surface area contributed by atoms with E-state index in [4.69, 9.17) is 5.73 Å². The molecule has 1 aliphatic heterocycles. The lowest BCUT2D eigenvalue weighted by molar-refractivity contribution is -0.123. The van der Waals surface area contributed by atoms with Gasteiger partial charge in [-0.2, -0.15) is 0 Å². The van der Waals surface area contributed by atoms with Gasteiger partial charge < -0.3 is 11.1 Å². The lowest BCUT2D eigenvalue weighted by Gasteiger charge is -2.47. The summed E-state index contributed by atoms with van der Waals surface area (Å²) in [7, 11) is 0. The number of rotatable bonds is 6. The molecule has 1 saturated carbocycles. The summed E-state index contributed by atoms with van der Waals surface area (Å²) >= 11 is 0. The zero-order chi connectivity index (χ0) is 14.4. The number of fused-ring (bicyclic) bond motifs is 1. The number of nitrogens with one attached hydrogen (secondary N) is 1. The van der Waals surface area contributed by atoms with E-state index in [0.717, 1.165) is 25.4 Å². The summed E-state index contributed by atoms with van der Waals surface area (Å²) < 4.78 is 0. The molecule has 0 radical (unpaired) electrons. The van der Waals surface area contributed by atoms with Crippen LogP contribution < -0.4 is 11.1 Å². The quantitative estimate of drug-likeness (QED) is 0.781. The van der Waals surface area contributed by atoms with Gasteiger partial charge in [0, 0.05) is 31.6 Å². The Morgan fingerprint density at radius 2 is 2.05 bits per heavy atom. The van der Waals surface area contributed by atoms with Crippen LogP contribution in [-0.4, -0.2) is 42.5 Å². The Balaban J connectivity index is 1.93. The predicted molar refractivity (Wildman–Crippen MR) is 82.4 cm³/mol. The highest BCUT2D eigenvalue weighted by atomic mass is 16.1. The van der Waals surface area contributed by atoms with E-state index in [9.17, 15) is 4.79 Å². The highest BCUT2D eigenvalue weighted by molar-refractivity contribution is 5.76. The molecule has 3 N–H and O–H groups in total. The van der Waals surface area contributed by atoms with Gasteiger partial charge in [-0.1, -0.05) is 19.8 Å². The first-order valence-electron chi connectivity index (χ1n) is 8.48. The Morgan fingerprint density at radius 3 is 2.80 bits per heavy atom. The van der Waals surface area contributed by atoms with Crippen molar-refractivity contribution < 1.29 is 4.79 Å². The third kappa shape index (κ3) is 3.95. The van der Waals surface area contributed by atoms with Crippen LogP contribution in [0.3, 0.4) is 0 Å². The predicted octanol–water partition coefficient (Wildman–Crippen LogP) is 1.88. The van der Waals surface area contributed by atoms with E-state index < -0.39 is 0 Å². The summed E-state index contributed by atoms with van der Waals surface area (Å²) in [5.74, 6) is 1.02. The van der Waals surface area contributed by atoms with E-state index in [1.165, 1.54) is 38.5 Å². The molecule has 0 bridgehead atoms. The first kappa shape index (κ1) is 15.8. The van der Waals surface area contributed by atoms with Crippen molar-refractivity contribution in [3.8, 4) is 0 Å². The van der Waals surface area contributed by atoms with Gasteiger partial charge in [-0.25, -0.2) is 0 Å². The normalized spacial score (nSPS) is 28.7. The maximum atomic E-state index is 12.0. The fourth-order valence-corrected chi connectivity index (χ4v) is 4.00. The Kier molecular flexibility index (Phi) is 6.30. The van der Waals surface area contributed by atoms with Gasteiger partial charge in [0.1, 0.15) is 0 Å². The average molecular weight is 281 g/mol. The fraction of sp³-hybridized carbons (Fsp3) is 0.938. The topological polar surface area (TPSA) is 58.4 Å². The molecule has 2 aliphatic rings. The van der Waals surface area contributed by atoms with Crippen LogP contribution in [0.25, 0.3) is 0 Å². The van der Waals surface area contributed by atoms with Crippen LogP contribution in [0.15, 0.2) is 0 Å². The number of carbonyl (C=O) groups excluding carboxylic acids is 1. The number of carbonyl (C=O) groups is 1. The SMILES string of the molecule is CCCNC(=O)CC(CN)N1CCC[C@H]2CCCC[C@H]21. The van der Waals surface area contributed by atoms with Crippen LogP contribution in [0.4, 0.5) is 0 Å². The number of piperidine rings is 1. The molecule has 116 valence electrons. The van der Waals surface area contributed by atoms with Gasteiger partial charge in [-0.05, 0) is 44.6 Å². The highest BCUT2D eigenvalue weighted by Crippen LogP contribution is 2.36. The lowest BCUT2D eigenvalue weighted by atomic mass is 9.77. The molecule has 20 heavy (non-hydrogen) atoms. The molecule has 1 unspecified atom stereocenters. The van der Waals surface area contributed by atoms with Crippen molar-refractivity contribution in [3.05, 3.63) is 0 Å². The minimum absolute atomic E-state index is 0.167. The summed E-state index contributed by atoms with van der Waals surface area (Å²) in [6.07, 6.45) is 9.62. The molecule has 0 aromatic heterocycles. The van der Waals surface area contributed by atoms with Gasteiger partial charge in [0.2, 0.25) is 5.91 Å². The highest BCUT2D eigenvalue weighted by Gasteiger charge is 2.36. The number of nitrogens with two attached hydrogens (primary N) is 1. The molecule has 1 aliphatic carbocycles. The van der Waals surface area contributed by atoms with Crippen molar-refractivity contribution in [2.45, 2.75) is 70.4 Å². The maximum absolute atomic E-state index is 12.0. The molecular formula is C16H31N3O. The van der Waals surface area contributed by atoms with Crippen LogP contribution in [-0.2, 0) is 4.79 Å². The van der Waals surface area contributed by atoms with Crippen molar-refractivity contribution in [1.29, 1.82) is 0 Å². The molecule has 0 aromatic carbocycles. The number of likely N-dealkylation sites (tertiary alicyclic amines) is 1. The fourth-order valence-electron chi connectivity index (χ4n) is 4.00. The van der Waals surface area contributed by atoms with Gasteiger partial charge in [0.05, 0.1) is 0 Å². The second kappa shape index (κ2) is 7.99. The van der Waals surface area contributed by atoms with Crippen LogP contribution in [0, 0.1) is 5.92 Å². The third-order valence-corrected chi connectivity index (χ3v) is 5.02. The van der Waals surface area contributed by atoms with Crippen molar-refractivity contribution in [2.24, 2.45) is 11.7 Å². The first-order valence-corrected chi connectivity index (χ1v) is 8.48. The molecule has 1 saturated heterocycles. The number of hydrogen-bond acceptors (Lipinski definition) is 3. The second-order valence-corrected chi connectivity index (χ2v) is 6.44. The zero-order valence-electron chi connectivity index (χ0n) is 12.9. The molecular weight excluding hydrogens is 250 g/mol. The number of nitrogens with zero attached hydrogens (tertiary/aromatic N) is 1. The van der Waals surface area contributed by atoms with Crippen molar-refractivity contribution in [2.75, 3.05) is 19.6 Å². The molecule has 4 heteroatoms. The summed E-state index contributed by atoms with van der Waals surface area (Å²) in [5, 5.41) is 2.99. The van der Waals surface area contributed by atoms with Gasteiger partial charge in [0.25, 0.3) is 0 Å². The number of hydrogen-bond donors (Lipinski definition) is 2. The van der Waals surface area contributed by atoms with Crippen LogP contribution >= 0.6 is 0 Å². The van der Waals surface area contributed by atoms with Crippen LogP contribution in [0.1, 0.15) is 58.3 Å². The molecule has 4 nitrogen and oxygen atoms in total. The number of amides is 1. The molecule has 1 amide bonds. The summed E-state index contributed by atoms with van der Waals surface area (Å²) in [6.45, 7) is 4.59. The molecule has 0 aromatic rings. The van der Waals surface area contributed by atoms with E-state index in [2.05, 4.69) is 17.1 Å². The van der Waals surface area contributed by atoms with Gasteiger partial charge in [-0.3, -0.25) is 9.69 Å². The minimum Gasteiger partial charge on any atom is -0.356 e. The Hall–Kier alpha value is -0.610. The van der Waals surface area contributed by atoms with Crippen molar-refractivity contribution >= 4 is 5.91 Å². The van der Waals surface area contributed by atoms with Crippen molar-refractivity contribution in [1.82, 2.24) is 10.2 Å². The minimum atomic E-state index is 0.167. The Bertz CT molecular complexity index is 306. The van der Waals surface area contributed by atoms with E-state index in [1.54, 1.807) is 0 Å². The van der Waals surface area contributed by atoms with E-state index >= 15 is 0 Å². The molecule has 3 atom stereocenters. The van der Waals surface area contributed by atoms with Crippen molar-refractivity contribution in [3.63, 3.8) is 0 Å². The van der Waals surface area contributed by atoms with E-state index in [-0.39, 0.29) is 11.9 Å². The maximum Gasteiger partial charge on any atom is 0.221 e.